The van der Waals surface area contributed by atoms with Crippen LogP contribution in [-0.4, -0.2) is 23.3 Å². The molecule has 1 aromatic rings. The van der Waals surface area contributed by atoms with E-state index in [1.54, 1.807) is 0 Å². The van der Waals surface area contributed by atoms with Gasteiger partial charge < -0.3 is 5.11 Å². The fourth-order valence-electron chi connectivity index (χ4n) is 9.39. The van der Waals surface area contributed by atoms with E-state index in [1.807, 2.05) is 30.3 Å². The standard InChI is InChI=1S/C29H40O3/c1-18(17-30)21-11-12-22-20-9-10-24-26(27(32)19-7-5-4-6-8-19)25(31)14-16-29(24,3)23(20)13-15-28(21,22)2/h4-8,18,20-24,26,30H,9-17H2,1-3H3/t18-,20-,21+,22-,23-,24-,26?,28+,29+/m0/s1. The molecule has 0 spiro atoms. The molecular weight excluding hydrogens is 396 g/mol. The van der Waals surface area contributed by atoms with Gasteiger partial charge >= 0.3 is 0 Å². The average molecular weight is 437 g/mol. The first-order valence-electron chi connectivity index (χ1n) is 13.0. The molecule has 3 nitrogen and oxygen atoms in total. The summed E-state index contributed by atoms with van der Waals surface area (Å²) >= 11 is 0. The van der Waals surface area contributed by atoms with Crippen molar-refractivity contribution in [3.05, 3.63) is 35.9 Å². The Morgan fingerprint density at radius 3 is 2.38 bits per heavy atom. The second-order valence-corrected chi connectivity index (χ2v) is 12.1. The van der Waals surface area contributed by atoms with E-state index in [2.05, 4.69) is 20.8 Å². The number of aliphatic hydroxyl groups excluding tert-OH is 1. The van der Waals surface area contributed by atoms with Crippen molar-refractivity contribution >= 4 is 11.6 Å². The zero-order chi connectivity index (χ0) is 22.7. The number of fused-ring (bicyclic) bond motifs is 5. The number of ketones is 2. The number of hydrogen-bond donors (Lipinski definition) is 1. The van der Waals surface area contributed by atoms with Gasteiger partial charge in [0.1, 0.15) is 5.78 Å². The van der Waals surface area contributed by atoms with Gasteiger partial charge in [-0.25, -0.2) is 0 Å². The molecule has 0 bridgehead atoms. The van der Waals surface area contributed by atoms with Crippen molar-refractivity contribution in [3.63, 3.8) is 0 Å². The van der Waals surface area contributed by atoms with Crippen molar-refractivity contribution in [3.8, 4) is 0 Å². The van der Waals surface area contributed by atoms with Gasteiger partial charge in [0.05, 0.1) is 5.92 Å². The molecule has 32 heavy (non-hydrogen) atoms. The van der Waals surface area contributed by atoms with Crippen LogP contribution < -0.4 is 0 Å². The fraction of sp³-hybridized carbons (Fsp3) is 0.724. The number of carbonyl (C=O) groups is 2. The van der Waals surface area contributed by atoms with Crippen molar-refractivity contribution in [2.75, 3.05) is 6.61 Å². The molecule has 0 heterocycles. The monoisotopic (exact) mass is 436 g/mol. The maximum Gasteiger partial charge on any atom is 0.173 e. The lowest BCUT2D eigenvalue weighted by Gasteiger charge is -2.61. The summed E-state index contributed by atoms with van der Waals surface area (Å²) < 4.78 is 0. The summed E-state index contributed by atoms with van der Waals surface area (Å²) in [7, 11) is 0. The van der Waals surface area contributed by atoms with E-state index in [-0.39, 0.29) is 22.9 Å². The van der Waals surface area contributed by atoms with Gasteiger partial charge in [-0.05, 0) is 91.3 Å². The summed E-state index contributed by atoms with van der Waals surface area (Å²) in [5.74, 6) is 3.07. The van der Waals surface area contributed by atoms with Gasteiger partial charge in [-0.1, -0.05) is 51.1 Å². The number of hydrogen-bond acceptors (Lipinski definition) is 3. The van der Waals surface area contributed by atoms with Crippen LogP contribution in [-0.2, 0) is 4.79 Å². The molecule has 0 radical (unpaired) electrons. The van der Waals surface area contributed by atoms with Gasteiger partial charge in [0.2, 0.25) is 0 Å². The van der Waals surface area contributed by atoms with Crippen LogP contribution in [0.2, 0.25) is 0 Å². The molecule has 4 aliphatic rings. The Bertz CT molecular complexity index is 878. The fourth-order valence-corrected chi connectivity index (χ4v) is 9.39. The van der Waals surface area contributed by atoms with Gasteiger partial charge in [-0.2, -0.15) is 0 Å². The molecule has 4 saturated carbocycles. The van der Waals surface area contributed by atoms with Crippen molar-refractivity contribution in [1.82, 2.24) is 0 Å². The van der Waals surface area contributed by atoms with E-state index in [0.29, 0.717) is 47.7 Å². The van der Waals surface area contributed by atoms with Crippen LogP contribution in [0.25, 0.3) is 0 Å². The van der Waals surface area contributed by atoms with Crippen LogP contribution in [0.3, 0.4) is 0 Å². The third-order valence-corrected chi connectivity index (χ3v) is 11.0. The minimum atomic E-state index is -0.448. The molecule has 1 N–H and O–H groups in total. The minimum Gasteiger partial charge on any atom is -0.396 e. The van der Waals surface area contributed by atoms with Crippen molar-refractivity contribution in [1.29, 1.82) is 0 Å². The van der Waals surface area contributed by atoms with Crippen LogP contribution in [0.5, 0.6) is 0 Å². The maximum absolute atomic E-state index is 13.5. The third kappa shape index (κ3) is 3.17. The first-order valence-corrected chi connectivity index (χ1v) is 13.0. The number of aliphatic hydroxyl groups is 1. The van der Waals surface area contributed by atoms with Crippen LogP contribution in [0, 0.1) is 52.3 Å². The highest BCUT2D eigenvalue weighted by Crippen LogP contribution is 2.68. The lowest BCUT2D eigenvalue weighted by molar-refractivity contribution is -0.148. The summed E-state index contributed by atoms with van der Waals surface area (Å²) in [6.07, 6.45) is 8.69. The quantitative estimate of drug-likeness (QED) is 0.468. The first-order chi connectivity index (χ1) is 15.3. The number of Topliss-reactive ketones (excluding diaryl/α,β-unsaturated/α-hetero) is 2. The Labute approximate surface area is 193 Å². The molecule has 3 heteroatoms. The number of carbonyl (C=O) groups excluding carboxylic acids is 2. The molecule has 4 fully saturated rings. The molecule has 1 unspecified atom stereocenters. The van der Waals surface area contributed by atoms with E-state index in [1.165, 1.54) is 25.7 Å². The largest absolute Gasteiger partial charge is 0.396 e. The Morgan fingerprint density at radius 2 is 1.66 bits per heavy atom. The predicted molar refractivity (Wildman–Crippen MR) is 126 cm³/mol. The third-order valence-electron chi connectivity index (χ3n) is 11.0. The van der Waals surface area contributed by atoms with Gasteiger partial charge in [-0.3, -0.25) is 9.59 Å². The summed E-state index contributed by atoms with van der Waals surface area (Å²) in [5.41, 5.74) is 1.13. The molecule has 1 aromatic carbocycles. The highest BCUT2D eigenvalue weighted by Gasteiger charge is 2.62. The van der Waals surface area contributed by atoms with E-state index < -0.39 is 5.92 Å². The van der Waals surface area contributed by atoms with Gasteiger partial charge in [0.15, 0.2) is 5.78 Å². The highest BCUT2D eigenvalue weighted by atomic mass is 16.3. The summed E-state index contributed by atoms with van der Waals surface area (Å²) in [6, 6.07) is 9.49. The van der Waals surface area contributed by atoms with Crippen LogP contribution in [0.15, 0.2) is 30.3 Å². The Kier molecular flexibility index (Phi) is 5.63. The topological polar surface area (TPSA) is 54.4 Å². The maximum atomic E-state index is 13.5. The van der Waals surface area contributed by atoms with E-state index in [4.69, 9.17) is 0 Å². The lowest BCUT2D eigenvalue weighted by atomic mass is 9.43. The van der Waals surface area contributed by atoms with Gasteiger partial charge in [0, 0.05) is 18.6 Å². The highest BCUT2D eigenvalue weighted by molar-refractivity contribution is 6.11. The van der Waals surface area contributed by atoms with Gasteiger partial charge in [0.25, 0.3) is 0 Å². The summed E-state index contributed by atoms with van der Waals surface area (Å²) in [5, 5.41) is 9.86. The molecule has 0 saturated heterocycles. The van der Waals surface area contributed by atoms with Crippen molar-refractivity contribution < 1.29 is 14.7 Å². The Balaban J connectivity index is 1.43. The SMILES string of the molecule is C[C@@H](CO)[C@H]1CC[C@H]2[C@@H]3CC[C@H]4C(C(=O)c5ccccc5)C(=O)CC[C@]4(C)[C@H]3CC[C@]12C. The number of rotatable bonds is 4. The van der Waals surface area contributed by atoms with Crippen LogP contribution in [0.4, 0.5) is 0 Å². The summed E-state index contributed by atoms with van der Waals surface area (Å²) in [6.45, 7) is 7.47. The molecule has 9 atom stereocenters. The first kappa shape index (κ1) is 22.3. The molecule has 174 valence electrons. The zero-order valence-electron chi connectivity index (χ0n) is 20.1. The predicted octanol–water partition coefficient (Wildman–Crippen LogP) is 5.95. The van der Waals surface area contributed by atoms with Crippen LogP contribution in [0.1, 0.15) is 82.5 Å². The molecule has 5 rings (SSSR count). The molecule has 0 aromatic heterocycles. The zero-order valence-corrected chi connectivity index (χ0v) is 20.1. The Hall–Kier alpha value is -1.48. The van der Waals surface area contributed by atoms with Crippen molar-refractivity contribution in [2.24, 2.45) is 52.3 Å². The Morgan fingerprint density at radius 1 is 0.969 bits per heavy atom. The van der Waals surface area contributed by atoms with E-state index in [0.717, 1.165) is 25.2 Å². The normalized spacial score (nSPS) is 44.3. The van der Waals surface area contributed by atoms with Crippen molar-refractivity contribution in [2.45, 2.75) is 72.1 Å². The number of benzene rings is 1. The smallest absolute Gasteiger partial charge is 0.173 e. The molecule has 0 amide bonds. The van der Waals surface area contributed by atoms with Crippen LogP contribution >= 0.6 is 0 Å². The van der Waals surface area contributed by atoms with E-state index in [9.17, 15) is 14.7 Å². The van der Waals surface area contributed by atoms with Gasteiger partial charge in [-0.15, -0.1) is 0 Å². The lowest BCUT2D eigenvalue weighted by Crippen LogP contribution is -2.57. The molecule has 0 aliphatic heterocycles. The minimum absolute atomic E-state index is 0.0586. The van der Waals surface area contributed by atoms with E-state index >= 15 is 0 Å². The second-order valence-electron chi connectivity index (χ2n) is 12.1. The molecular formula is C29H40O3. The summed E-state index contributed by atoms with van der Waals surface area (Å²) in [4.78, 5) is 26.6. The average Bonchev–Trinajstić information content (AvgIpc) is 3.16. The second kappa shape index (κ2) is 8.08. The molecule has 4 aliphatic carbocycles.